The van der Waals surface area contributed by atoms with Gasteiger partial charge in [0.25, 0.3) is 0 Å². The number of hydrogen-bond donors (Lipinski definition) is 0. The third-order valence-corrected chi connectivity index (χ3v) is 4.70. The Morgan fingerprint density at radius 3 is 2.59 bits per heavy atom. The third kappa shape index (κ3) is 3.62. The van der Waals surface area contributed by atoms with E-state index in [1.54, 1.807) is 7.11 Å². The van der Waals surface area contributed by atoms with Crippen molar-refractivity contribution in [3.05, 3.63) is 83.1 Å². The molecule has 0 bridgehead atoms. The predicted octanol–water partition coefficient (Wildman–Crippen LogP) is 5.55. The van der Waals surface area contributed by atoms with Crippen LogP contribution in [0, 0.1) is 6.92 Å². The first-order chi connectivity index (χ1) is 13.1. The molecule has 4 nitrogen and oxygen atoms in total. The van der Waals surface area contributed by atoms with Crippen LogP contribution in [-0.2, 0) is 6.61 Å². The monoisotopic (exact) mass is 378 g/mol. The smallest absolute Gasteiger partial charge is 0.161 e. The number of aromatic nitrogens is 2. The molecule has 136 valence electrons. The molecule has 0 N–H and O–H groups in total. The molecule has 0 atom stereocenters. The molecule has 0 radical (unpaired) electrons. The topological polar surface area (TPSA) is 35.8 Å². The molecule has 4 aromatic rings. The van der Waals surface area contributed by atoms with Crippen LogP contribution in [-0.4, -0.2) is 16.5 Å². The summed E-state index contributed by atoms with van der Waals surface area (Å²) in [6, 6.07) is 17.5. The molecule has 0 saturated carbocycles. The average molecular weight is 379 g/mol. The number of ether oxygens (including phenoxy) is 2. The lowest BCUT2D eigenvalue weighted by Gasteiger charge is -2.12. The van der Waals surface area contributed by atoms with Crippen LogP contribution in [0.1, 0.15) is 11.1 Å². The van der Waals surface area contributed by atoms with Crippen molar-refractivity contribution in [3.8, 4) is 22.8 Å². The summed E-state index contributed by atoms with van der Waals surface area (Å²) in [7, 11) is 1.64. The van der Waals surface area contributed by atoms with Crippen molar-refractivity contribution < 1.29 is 9.47 Å². The van der Waals surface area contributed by atoms with Crippen LogP contribution >= 0.6 is 11.6 Å². The molecular weight excluding hydrogens is 360 g/mol. The minimum atomic E-state index is 0.445. The summed E-state index contributed by atoms with van der Waals surface area (Å²) in [5, 5.41) is 0.711. The maximum atomic E-state index is 5.93. The molecule has 5 heteroatoms. The number of hydrogen-bond acceptors (Lipinski definition) is 3. The van der Waals surface area contributed by atoms with E-state index in [0.29, 0.717) is 23.1 Å². The average Bonchev–Trinajstić information content (AvgIpc) is 3.13. The van der Waals surface area contributed by atoms with E-state index in [2.05, 4.69) is 13.0 Å². The van der Waals surface area contributed by atoms with Gasteiger partial charge in [-0.15, -0.1) is 0 Å². The molecule has 2 aromatic carbocycles. The quantitative estimate of drug-likeness (QED) is 0.456. The Balaban J connectivity index is 1.60. The number of imidazole rings is 1. The zero-order valence-corrected chi connectivity index (χ0v) is 15.9. The first-order valence-corrected chi connectivity index (χ1v) is 9.02. The lowest BCUT2D eigenvalue weighted by Crippen LogP contribution is -1.98. The number of methoxy groups -OCH3 is 1. The van der Waals surface area contributed by atoms with Crippen molar-refractivity contribution in [2.45, 2.75) is 13.5 Å². The Morgan fingerprint density at radius 1 is 1.04 bits per heavy atom. The van der Waals surface area contributed by atoms with Crippen molar-refractivity contribution in [3.63, 3.8) is 0 Å². The zero-order chi connectivity index (χ0) is 18.8. The zero-order valence-electron chi connectivity index (χ0n) is 15.1. The molecule has 27 heavy (non-hydrogen) atoms. The highest BCUT2D eigenvalue weighted by molar-refractivity contribution is 6.30. The lowest BCUT2D eigenvalue weighted by atomic mass is 10.1. The van der Waals surface area contributed by atoms with Crippen molar-refractivity contribution in [1.29, 1.82) is 0 Å². The summed E-state index contributed by atoms with van der Waals surface area (Å²) in [6.07, 6.45) is 4.02. The Kier molecular flexibility index (Phi) is 4.73. The Bertz CT molecular complexity index is 1090. The predicted molar refractivity (Wildman–Crippen MR) is 108 cm³/mol. The Morgan fingerprint density at radius 2 is 1.85 bits per heavy atom. The van der Waals surface area contributed by atoms with Gasteiger partial charge in [-0.3, -0.25) is 0 Å². The molecule has 0 aliphatic rings. The van der Waals surface area contributed by atoms with E-state index in [1.165, 1.54) is 0 Å². The van der Waals surface area contributed by atoms with Gasteiger partial charge < -0.3 is 13.9 Å². The van der Waals surface area contributed by atoms with Crippen LogP contribution in [0.5, 0.6) is 11.5 Å². The van der Waals surface area contributed by atoms with Gasteiger partial charge in [0.1, 0.15) is 12.3 Å². The maximum Gasteiger partial charge on any atom is 0.161 e. The molecule has 4 rings (SSSR count). The van der Waals surface area contributed by atoms with Gasteiger partial charge in [0.2, 0.25) is 0 Å². The molecule has 0 saturated heterocycles. The van der Waals surface area contributed by atoms with Gasteiger partial charge in [-0.25, -0.2) is 4.98 Å². The number of pyridine rings is 1. The first-order valence-electron chi connectivity index (χ1n) is 8.64. The van der Waals surface area contributed by atoms with Crippen LogP contribution in [0.3, 0.4) is 0 Å². The van der Waals surface area contributed by atoms with E-state index in [1.807, 2.05) is 65.3 Å². The summed E-state index contributed by atoms with van der Waals surface area (Å²) < 4.78 is 13.5. The van der Waals surface area contributed by atoms with Gasteiger partial charge in [-0.1, -0.05) is 29.8 Å². The first kappa shape index (κ1) is 17.4. The number of benzene rings is 2. The Hall–Kier alpha value is -2.98. The van der Waals surface area contributed by atoms with E-state index < -0.39 is 0 Å². The fraction of sp³-hybridized carbons (Fsp3) is 0.136. The largest absolute Gasteiger partial charge is 0.493 e. The van der Waals surface area contributed by atoms with E-state index in [0.717, 1.165) is 28.0 Å². The van der Waals surface area contributed by atoms with Crippen molar-refractivity contribution in [1.82, 2.24) is 9.38 Å². The molecule has 0 fully saturated rings. The number of rotatable bonds is 5. The van der Waals surface area contributed by atoms with Crippen LogP contribution in [0.2, 0.25) is 5.02 Å². The van der Waals surface area contributed by atoms with Crippen LogP contribution in [0.25, 0.3) is 16.9 Å². The molecule has 0 aliphatic heterocycles. The summed E-state index contributed by atoms with van der Waals surface area (Å²) in [4.78, 5) is 4.74. The molecule has 0 unspecified atom stereocenters. The highest BCUT2D eigenvalue weighted by Gasteiger charge is 2.11. The molecule has 2 aromatic heterocycles. The van der Waals surface area contributed by atoms with Crippen LogP contribution in [0.15, 0.2) is 67.0 Å². The maximum absolute atomic E-state index is 5.93. The van der Waals surface area contributed by atoms with Crippen molar-refractivity contribution >= 4 is 17.2 Å². The number of fused-ring (bicyclic) bond motifs is 1. The summed E-state index contributed by atoms with van der Waals surface area (Å²) in [6.45, 7) is 2.50. The third-order valence-electron chi connectivity index (χ3n) is 4.44. The number of halogens is 1. The standard InChI is InChI=1S/C22H19ClN2O2/c1-15-4-3-11-25-13-19(24-22(15)25)17-7-10-20(21(12-17)26-2)27-14-16-5-8-18(23)9-6-16/h3-13H,14H2,1-2H3. The summed E-state index contributed by atoms with van der Waals surface area (Å²) in [5.41, 5.74) is 5.01. The minimum Gasteiger partial charge on any atom is -0.493 e. The van der Waals surface area contributed by atoms with E-state index in [-0.39, 0.29) is 0 Å². The highest BCUT2D eigenvalue weighted by Crippen LogP contribution is 2.33. The molecular formula is C22H19ClN2O2. The second-order valence-corrected chi connectivity index (χ2v) is 6.77. The van der Waals surface area contributed by atoms with Crippen LogP contribution < -0.4 is 9.47 Å². The van der Waals surface area contributed by atoms with Crippen molar-refractivity contribution in [2.75, 3.05) is 7.11 Å². The van der Waals surface area contributed by atoms with E-state index in [9.17, 15) is 0 Å². The van der Waals surface area contributed by atoms with Gasteiger partial charge in [0, 0.05) is 23.0 Å². The fourth-order valence-electron chi connectivity index (χ4n) is 2.98. The van der Waals surface area contributed by atoms with E-state index >= 15 is 0 Å². The molecule has 0 spiro atoms. The fourth-order valence-corrected chi connectivity index (χ4v) is 3.11. The normalized spacial score (nSPS) is 10.9. The minimum absolute atomic E-state index is 0.445. The molecule has 0 amide bonds. The van der Waals surface area contributed by atoms with Gasteiger partial charge in [-0.2, -0.15) is 0 Å². The van der Waals surface area contributed by atoms with Crippen LogP contribution in [0.4, 0.5) is 0 Å². The second kappa shape index (κ2) is 7.33. The Labute approximate surface area is 163 Å². The van der Waals surface area contributed by atoms with Crippen molar-refractivity contribution in [2.24, 2.45) is 0 Å². The second-order valence-electron chi connectivity index (χ2n) is 6.33. The van der Waals surface area contributed by atoms with Gasteiger partial charge in [0.15, 0.2) is 11.5 Å². The van der Waals surface area contributed by atoms with Gasteiger partial charge in [0.05, 0.1) is 12.8 Å². The molecule has 0 aliphatic carbocycles. The molecule has 2 heterocycles. The lowest BCUT2D eigenvalue weighted by molar-refractivity contribution is 0.284. The number of aryl methyl sites for hydroxylation is 1. The number of nitrogens with zero attached hydrogens (tertiary/aromatic N) is 2. The van der Waals surface area contributed by atoms with Gasteiger partial charge >= 0.3 is 0 Å². The summed E-state index contributed by atoms with van der Waals surface area (Å²) >= 11 is 5.92. The SMILES string of the molecule is COc1cc(-c2cn3cccc(C)c3n2)ccc1OCc1ccc(Cl)cc1. The highest BCUT2D eigenvalue weighted by atomic mass is 35.5. The van der Waals surface area contributed by atoms with E-state index in [4.69, 9.17) is 26.1 Å². The summed E-state index contributed by atoms with van der Waals surface area (Å²) in [5.74, 6) is 1.37. The van der Waals surface area contributed by atoms with Gasteiger partial charge in [-0.05, 0) is 54.4 Å².